The lowest BCUT2D eigenvalue weighted by atomic mass is 10.0. The molecule has 42 heavy (non-hydrogen) atoms. The van der Waals surface area contributed by atoms with Crippen LogP contribution in [-0.4, -0.2) is 34.1 Å². The van der Waals surface area contributed by atoms with Gasteiger partial charge in [-0.05, 0) is 62.2 Å². The third kappa shape index (κ3) is 6.41. The highest BCUT2D eigenvalue weighted by Crippen LogP contribution is 2.31. The molecule has 0 saturated heterocycles. The van der Waals surface area contributed by atoms with E-state index in [0.717, 1.165) is 22.4 Å². The number of carbonyl (C=O) groups excluding carboxylic acids is 1. The molecule has 0 aliphatic carbocycles. The van der Waals surface area contributed by atoms with Crippen LogP contribution in [0.15, 0.2) is 108 Å². The van der Waals surface area contributed by atoms with Crippen molar-refractivity contribution in [3.05, 3.63) is 126 Å². The summed E-state index contributed by atoms with van der Waals surface area (Å²) >= 11 is 0. The fourth-order valence-electron chi connectivity index (χ4n) is 4.44. The van der Waals surface area contributed by atoms with E-state index in [4.69, 9.17) is 18.9 Å². The first kappa shape index (κ1) is 28.4. The van der Waals surface area contributed by atoms with Gasteiger partial charge in [0, 0.05) is 17.5 Å². The number of aliphatic carboxylic acids is 1. The van der Waals surface area contributed by atoms with Crippen molar-refractivity contribution >= 4 is 11.8 Å². The number of rotatable bonds is 11. The van der Waals surface area contributed by atoms with E-state index in [1.165, 1.54) is 13.8 Å². The average Bonchev–Trinajstić information content (AvgIpc) is 3.38. The number of carboxylic acid groups (broad SMARTS) is 1. The Hall–Kier alpha value is -5.17. The van der Waals surface area contributed by atoms with Crippen LogP contribution in [0, 0.1) is 6.92 Å². The molecule has 5 rings (SSSR count). The Kier molecular flexibility index (Phi) is 8.20. The molecule has 0 fully saturated rings. The quantitative estimate of drug-likeness (QED) is 0.168. The summed E-state index contributed by atoms with van der Waals surface area (Å²) < 4.78 is 17.8. The van der Waals surface area contributed by atoms with Crippen molar-refractivity contribution in [2.45, 2.75) is 32.8 Å². The summed E-state index contributed by atoms with van der Waals surface area (Å²) in [7, 11) is 0. The van der Waals surface area contributed by atoms with Gasteiger partial charge >= 0.3 is 5.97 Å². The lowest BCUT2D eigenvalue weighted by Gasteiger charge is -2.23. The summed E-state index contributed by atoms with van der Waals surface area (Å²) in [4.78, 5) is 29.8. The summed E-state index contributed by atoms with van der Waals surface area (Å²) in [6.07, 6.45) is 0.486. The van der Waals surface area contributed by atoms with Crippen LogP contribution in [0.25, 0.3) is 22.6 Å². The van der Waals surface area contributed by atoms with Crippen LogP contribution < -0.4 is 9.47 Å². The highest BCUT2D eigenvalue weighted by molar-refractivity contribution is 6.11. The number of aromatic nitrogens is 1. The summed E-state index contributed by atoms with van der Waals surface area (Å²) in [5, 5.41) is 9.54. The van der Waals surface area contributed by atoms with E-state index in [0.29, 0.717) is 29.4 Å². The van der Waals surface area contributed by atoms with Gasteiger partial charge in [-0.25, -0.2) is 9.78 Å². The van der Waals surface area contributed by atoms with Gasteiger partial charge in [-0.15, -0.1) is 0 Å². The van der Waals surface area contributed by atoms with Crippen LogP contribution in [0.3, 0.4) is 0 Å². The lowest BCUT2D eigenvalue weighted by molar-refractivity contribution is -0.152. The molecule has 1 heterocycles. The molecule has 4 aromatic carbocycles. The Morgan fingerprint density at radius 2 is 1.50 bits per heavy atom. The van der Waals surface area contributed by atoms with Gasteiger partial charge in [0.1, 0.15) is 17.3 Å². The average molecular weight is 562 g/mol. The van der Waals surface area contributed by atoms with Crippen molar-refractivity contribution in [1.29, 1.82) is 0 Å². The number of ketones is 1. The van der Waals surface area contributed by atoms with Crippen LogP contribution in [0.5, 0.6) is 11.5 Å². The second-order valence-corrected chi connectivity index (χ2v) is 10.3. The second-order valence-electron chi connectivity index (χ2n) is 10.3. The topological polar surface area (TPSA) is 98.9 Å². The van der Waals surface area contributed by atoms with Crippen LogP contribution >= 0.6 is 0 Å². The van der Waals surface area contributed by atoms with Crippen molar-refractivity contribution in [3.8, 4) is 34.1 Å². The first-order valence-electron chi connectivity index (χ1n) is 13.6. The summed E-state index contributed by atoms with van der Waals surface area (Å²) in [5.41, 5.74) is 2.99. The maximum atomic E-state index is 13.4. The van der Waals surface area contributed by atoms with Crippen LogP contribution in [0.4, 0.5) is 0 Å². The Bertz CT molecular complexity index is 1710. The molecule has 0 radical (unpaired) electrons. The second kappa shape index (κ2) is 12.1. The van der Waals surface area contributed by atoms with Gasteiger partial charge in [0.15, 0.2) is 11.4 Å². The number of oxazole rings is 1. The van der Waals surface area contributed by atoms with Crippen molar-refractivity contribution in [2.24, 2.45) is 0 Å². The lowest BCUT2D eigenvalue weighted by Crippen LogP contribution is -2.38. The molecular weight excluding hydrogens is 530 g/mol. The summed E-state index contributed by atoms with van der Waals surface area (Å²) in [6.45, 7) is 5.03. The fourth-order valence-corrected chi connectivity index (χ4v) is 4.44. The van der Waals surface area contributed by atoms with Gasteiger partial charge in [-0.3, -0.25) is 4.79 Å². The van der Waals surface area contributed by atoms with Crippen LogP contribution in [0.1, 0.15) is 41.2 Å². The number of ether oxygens (including phenoxy) is 2. The highest BCUT2D eigenvalue weighted by atomic mass is 16.5. The van der Waals surface area contributed by atoms with Crippen molar-refractivity contribution in [2.75, 3.05) is 6.61 Å². The molecule has 0 spiro atoms. The van der Waals surface area contributed by atoms with E-state index in [-0.39, 0.29) is 23.7 Å². The molecule has 212 valence electrons. The smallest absolute Gasteiger partial charge is 0.347 e. The van der Waals surface area contributed by atoms with Crippen LogP contribution in [-0.2, 0) is 11.2 Å². The van der Waals surface area contributed by atoms with E-state index >= 15 is 0 Å². The standard InChI is InChI=1S/C35H31NO6/c1-23-30(36-33(41-23)27-16-10-15-26(21-27)24-11-6-4-7-12-24)19-20-40-28-17-18-31(42-35(2,3)34(38)39)29(22-28)32(37)25-13-8-5-9-14-25/h4-18,21-22H,19-20H2,1-3H3,(H,38,39). The first-order chi connectivity index (χ1) is 20.2. The number of aryl methyl sites for hydroxylation is 1. The van der Waals surface area contributed by atoms with Crippen molar-refractivity contribution in [1.82, 2.24) is 4.98 Å². The Morgan fingerprint density at radius 3 is 2.21 bits per heavy atom. The maximum Gasteiger partial charge on any atom is 0.347 e. The van der Waals surface area contributed by atoms with Gasteiger partial charge in [0.05, 0.1) is 17.9 Å². The fraction of sp³-hybridized carbons (Fsp3) is 0.171. The Balaban J connectivity index is 1.32. The molecule has 0 bridgehead atoms. The number of hydrogen-bond donors (Lipinski definition) is 1. The number of carbonyl (C=O) groups is 2. The highest BCUT2D eigenvalue weighted by Gasteiger charge is 2.31. The Morgan fingerprint density at radius 1 is 0.833 bits per heavy atom. The third-order valence-electron chi connectivity index (χ3n) is 6.83. The molecule has 5 aromatic rings. The van der Waals surface area contributed by atoms with Gasteiger partial charge < -0.3 is 19.0 Å². The number of hydrogen-bond acceptors (Lipinski definition) is 6. The monoisotopic (exact) mass is 561 g/mol. The summed E-state index contributed by atoms with van der Waals surface area (Å²) in [6, 6.07) is 31.7. The van der Waals surface area contributed by atoms with Gasteiger partial charge in [-0.1, -0.05) is 72.8 Å². The SMILES string of the molecule is Cc1oc(-c2cccc(-c3ccccc3)c2)nc1CCOc1ccc(OC(C)(C)C(=O)O)c(C(=O)c2ccccc2)c1. The zero-order valence-corrected chi connectivity index (χ0v) is 23.7. The predicted octanol–water partition coefficient (Wildman–Crippen LogP) is 7.41. The zero-order chi connectivity index (χ0) is 29.7. The molecule has 0 aliphatic heterocycles. The van der Waals surface area contributed by atoms with E-state index in [9.17, 15) is 14.7 Å². The molecule has 0 amide bonds. The van der Waals surface area contributed by atoms with E-state index in [1.54, 1.807) is 42.5 Å². The molecule has 0 atom stereocenters. The molecule has 1 N–H and O–H groups in total. The molecule has 7 nitrogen and oxygen atoms in total. The largest absolute Gasteiger partial charge is 0.493 e. The van der Waals surface area contributed by atoms with Crippen molar-refractivity contribution in [3.63, 3.8) is 0 Å². The van der Waals surface area contributed by atoms with Crippen LogP contribution in [0.2, 0.25) is 0 Å². The molecular formula is C35H31NO6. The third-order valence-corrected chi connectivity index (χ3v) is 6.83. The minimum absolute atomic E-state index is 0.165. The van der Waals surface area contributed by atoms with E-state index in [2.05, 4.69) is 24.3 Å². The summed E-state index contributed by atoms with van der Waals surface area (Å²) in [5.74, 6) is 0.420. The molecule has 0 aliphatic rings. The van der Waals surface area contributed by atoms with Crippen molar-refractivity contribution < 1.29 is 28.6 Å². The van der Waals surface area contributed by atoms with E-state index in [1.807, 2.05) is 43.3 Å². The van der Waals surface area contributed by atoms with Gasteiger partial charge in [0.2, 0.25) is 5.89 Å². The maximum absolute atomic E-state index is 13.4. The molecule has 0 unspecified atom stereocenters. The van der Waals surface area contributed by atoms with Gasteiger partial charge in [0.25, 0.3) is 0 Å². The Labute approximate surface area is 244 Å². The van der Waals surface area contributed by atoms with E-state index < -0.39 is 11.6 Å². The minimum Gasteiger partial charge on any atom is -0.493 e. The minimum atomic E-state index is -1.53. The number of benzene rings is 4. The molecule has 7 heteroatoms. The zero-order valence-electron chi connectivity index (χ0n) is 23.7. The number of nitrogens with zero attached hydrogens (tertiary/aromatic N) is 1. The number of carboxylic acids is 1. The predicted molar refractivity (Wildman–Crippen MR) is 160 cm³/mol. The first-order valence-corrected chi connectivity index (χ1v) is 13.6. The molecule has 1 aromatic heterocycles. The van der Waals surface area contributed by atoms with Gasteiger partial charge in [-0.2, -0.15) is 0 Å². The molecule has 0 saturated carbocycles. The normalized spacial score (nSPS) is 11.2.